The highest BCUT2D eigenvalue weighted by Gasteiger charge is 2.13. The third-order valence-electron chi connectivity index (χ3n) is 3.23. The minimum absolute atomic E-state index is 0.0919. The van der Waals surface area contributed by atoms with E-state index in [9.17, 15) is 14.9 Å². The van der Waals surface area contributed by atoms with Crippen molar-refractivity contribution < 1.29 is 14.5 Å². The number of rotatable bonds is 8. The van der Waals surface area contributed by atoms with Gasteiger partial charge >= 0.3 is 0 Å². The number of hydrogen-bond donors (Lipinski definition) is 1. The average Bonchev–Trinajstić information content (AvgIpc) is 2.59. The second-order valence-electron chi connectivity index (χ2n) is 4.95. The zero-order valence-electron chi connectivity index (χ0n) is 13.2. The fourth-order valence-corrected chi connectivity index (χ4v) is 2.93. The Morgan fingerprint density at radius 1 is 1.25 bits per heavy atom. The molecule has 0 unspecified atom stereocenters. The number of non-ortho nitro benzene ring substituents is 1. The van der Waals surface area contributed by atoms with Crippen LogP contribution in [0.25, 0.3) is 0 Å². The Labute approximate surface area is 144 Å². The number of hydrogen-bond acceptors (Lipinski definition) is 5. The summed E-state index contributed by atoms with van der Waals surface area (Å²) in [5.41, 5.74) is 0.221. The van der Waals surface area contributed by atoms with E-state index < -0.39 is 4.92 Å². The summed E-state index contributed by atoms with van der Waals surface area (Å²) in [7, 11) is 1.45. The highest BCUT2D eigenvalue weighted by atomic mass is 32.2. The third-order valence-corrected chi connectivity index (χ3v) is 4.33. The van der Waals surface area contributed by atoms with E-state index in [1.807, 2.05) is 30.3 Å². The summed E-state index contributed by atoms with van der Waals surface area (Å²) in [5, 5.41) is 13.5. The number of benzene rings is 2. The third kappa shape index (κ3) is 5.27. The predicted molar refractivity (Wildman–Crippen MR) is 94.7 cm³/mol. The van der Waals surface area contributed by atoms with Crippen molar-refractivity contribution in [1.82, 2.24) is 0 Å². The van der Waals surface area contributed by atoms with E-state index in [1.165, 1.54) is 30.2 Å². The van der Waals surface area contributed by atoms with Gasteiger partial charge in [0.2, 0.25) is 5.91 Å². The predicted octanol–water partition coefficient (Wildman–Crippen LogP) is 4.11. The Balaban J connectivity index is 1.85. The largest absolute Gasteiger partial charge is 0.495 e. The highest BCUT2D eigenvalue weighted by molar-refractivity contribution is 7.99. The molecule has 0 saturated carbocycles. The van der Waals surface area contributed by atoms with Crippen LogP contribution in [0.15, 0.2) is 53.4 Å². The maximum absolute atomic E-state index is 12.0. The minimum atomic E-state index is -0.508. The van der Waals surface area contributed by atoms with Gasteiger partial charge in [0, 0.05) is 23.4 Å². The van der Waals surface area contributed by atoms with Gasteiger partial charge in [0.25, 0.3) is 5.69 Å². The van der Waals surface area contributed by atoms with E-state index in [0.29, 0.717) is 24.3 Å². The SMILES string of the molecule is COc1ccc([N+](=O)[O-])cc1NC(=O)CCCSc1ccccc1. The first kappa shape index (κ1) is 17.8. The van der Waals surface area contributed by atoms with Gasteiger partial charge in [-0.15, -0.1) is 11.8 Å². The van der Waals surface area contributed by atoms with E-state index in [1.54, 1.807) is 11.8 Å². The number of ether oxygens (including phenoxy) is 1. The van der Waals surface area contributed by atoms with Crippen LogP contribution in [0.4, 0.5) is 11.4 Å². The maximum atomic E-state index is 12.0. The number of amides is 1. The number of anilines is 1. The lowest BCUT2D eigenvalue weighted by atomic mass is 10.2. The second kappa shape index (κ2) is 8.93. The number of carbonyl (C=O) groups is 1. The monoisotopic (exact) mass is 346 g/mol. The van der Waals surface area contributed by atoms with Crippen molar-refractivity contribution in [3.8, 4) is 5.75 Å². The quantitative estimate of drug-likeness (QED) is 0.337. The maximum Gasteiger partial charge on any atom is 0.271 e. The van der Waals surface area contributed by atoms with Gasteiger partial charge in [-0.3, -0.25) is 14.9 Å². The van der Waals surface area contributed by atoms with Gasteiger partial charge in [0.1, 0.15) is 5.75 Å². The molecule has 126 valence electrons. The van der Waals surface area contributed by atoms with E-state index >= 15 is 0 Å². The lowest BCUT2D eigenvalue weighted by Gasteiger charge is -2.10. The number of carbonyl (C=O) groups excluding carboxylic acids is 1. The van der Waals surface area contributed by atoms with Crippen LogP contribution < -0.4 is 10.1 Å². The Hall–Kier alpha value is -2.54. The first-order chi connectivity index (χ1) is 11.6. The Morgan fingerprint density at radius 2 is 2.00 bits per heavy atom. The molecule has 0 bridgehead atoms. The van der Waals surface area contributed by atoms with Crippen molar-refractivity contribution in [2.24, 2.45) is 0 Å². The van der Waals surface area contributed by atoms with Gasteiger partial charge in [-0.1, -0.05) is 18.2 Å². The van der Waals surface area contributed by atoms with Crippen LogP contribution in [0.1, 0.15) is 12.8 Å². The highest BCUT2D eigenvalue weighted by Crippen LogP contribution is 2.29. The Bertz CT molecular complexity index is 707. The molecule has 2 aromatic rings. The standard InChI is InChI=1S/C17H18N2O4S/c1-23-16-10-9-13(19(21)22)12-15(16)18-17(20)8-5-11-24-14-6-3-2-4-7-14/h2-4,6-7,9-10,12H,5,8,11H2,1H3,(H,18,20). The van der Waals surface area contributed by atoms with Crippen LogP contribution in [0.3, 0.4) is 0 Å². The van der Waals surface area contributed by atoms with E-state index in [4.69, 9.17) is 4.74 Å². The number of nitrogens with zero attached hydrogens (tertiary/aromatic N) is 1. The molecule has 24 heavy (non-hydrogen) atoms. The van der Waals surface area contributed by atoms with Gasteiger partial charge in [-0.25, -0.2) is 0 Å². The summed E-state index contributed by atoms with van der Waals surface area (Å²) in [6, 6.07) is 14.1. The number of nitro groups is 1. The number of nitro benzene ring substituents is 1. The molecule has 0 radical (unpaired) electrons. The number of thioether (sulfide) groups is 1. The van der Waals surface area contributed by atoms with Crippen molar-refractivity contribution >= 4 is 29.0 Å². The van der Waals surface area contributed by atoms with E-state index in [2.05, 4.69) is 5.32 Å². The molecule has 0 aliphatic rings. The van der Waals surface area contributed by atoms with Crippen molar-refractivity contribution in [2.75, 3.05) is 18.2 Å². The normalized spacial score (nSPS) is 10.2. The fraction of sp³-hybridized carbons (Fsp3) is 0.235. The number of nitrogens with one attached hydrogen (secondary N) is 1. The smallest absolute Gasteiger partial charge is 0.271 e. The summed E-state index contributed by atoms with van der Waals surface area (Å²) in [6.45, 7) is 0. The zero-order chi connectivity index (χ0) is 17.4. The molecular formula is C17H18N2O4S. The lowest BCUT2D eigenvalue weighted by Crippen LogP contribution is -2.12. The summed E-state index contributed by atoms with van der Waals surface area (Å²) in [6.07, 6.45) is 1.05. The second-order valence-corrected chi connectivity index (χ2v) is 6.12. The molecule has 6 nitrogen and oxygen atoms in total. The van der Waals surface area contributed by atoms with Crippen molar-refractivity contribution in [3.05, 3.63) is 58.6 Å². The summed E-state index contributed by atoms with van der Waals surface area (Å²) in [4.78, 5) is 23.5. The fourth-order valence-electron chi connectivity index (χ4n) is 2.06. The summed E-state index contributed by atoms with van der Waals surface area (Å²) < 4.78 is 5.12. The minimum Gasteiger partial charge on any atom is -0.495 e. The van der Waals surface area contributed by atoms with Gasteiger partial charge in [0.15, 0.2) is 0 Å². The topological polar surface area (TPSA) is 81.5 Å². The first-order valence-electron chi connectivity index (χ1n) is 7.40. The molecule has 0 saturated heterocycles. The molecule has 0 heterocycles. The molecular weight excluding hydrogens is 328 g/mol. The molecule has 0 spiro atoms. The number of methoxy groups -OCH3 is 1. The van der Waals surface area contributed by atoms with Gasteiger partial charge in [0.05, 0.1) is 17.7 Å². The molecule has 0 atom stereocenters. The van der Waals surface area contributed by atoms with Gasteiger partial charge in [-0.05, 0) is 30.4 Å². The van der Waals surface area contributed by atoms with Crippen molar-refractivity contribution in [2.45, 2.75) is 17.7 Å². The van der Waals surface area contributed by atoms with Gasteiger partial charge in [-0.2, -0.15) is 0 Å². The molecule has 0 aliphatic carbocycles. The van der Waals surface area contributed by atoms with Crippen molar-refractivity contribution in [3.63, 3.8) is 0 Å². The molecule has 2 rings (SSSR count). The molecule has 1 N–H and O–H groups in total. The van der Waals surface area contributed by atoms with Crippen LogP contribution in [0.2, 0.25) is 0 Å². The molecule has 0 aromatic heterocycles. The van der Waals surface area contributed by atoms with E-state index in [0.717, 1.165) is 5.75 Å². The molecule has 2 aromatic carbocycles. The van der Waals surface area contributed by atoms with Crippen LogP contribution in [0, 0.1) is 10.1 Å². The Morgan fingerprint density at radius 3 is 2.67 bits per heavy atom. The summed E-state index contributed by atoms with van der Waals surface area (Å²) in [5.74, 6) is 1.03. The molecule has 0 aliphatic heterocycles. The lowest BCUT2D eigenvalue weighted by molar-refractivity contribution is -0.384. The van der Waals surface area contributed by atoms with Crippen LogP contribution in [-0.2, 0) is 4.79 Å². The van der Waals surface area contributed by atoms with Crippen LogP contribution in [-0.4, -0.2) is 23.7 Å². The van der Waals surface area contributed by atoms with Gasteiger partial charge < -0.3 is 10.1 Å². The molecule has 0 fully saturated rings. The van der Waals surface area contributed by atoms with Crippen LogP contribution in [0.5, 0.6) is 5.75 Å². The van der Waals surface area contributed by atoms with Crippen LogP contribution >= 0.6 is 11.8 Å². The van der Waals surface area contributed by atoms with Crippen molar-refractivity contribution in [1.29, 1.82) is 0 Å². The average molecular weight is 346 g/mol. The Kier molecular flexibility index (Phi) is 6.62. The zero-order valence-corrected chi connectivity index (χ0v) is 14.0. The molecule has 1 amide bonds. The first-order valence-corrected chi connectivity index (χ1v) is 8.39. The van der Waals surface area contributed by atoms with E-state index in [-0.39, 0.29) is 11.6 Å². The molecule has 7 heteroatoms. The summed E-state index contributed by atoms with van der Waals surface area (Å²) >= 11 is 1.69.